The molecule has 6 atom stereocenters. The van der Waals surface area contributed by atoms with Crippen molar-refractivity contribution in [2.45, 2.75) is 101 Å². The molecule has 4 fully saturated rings. The molecule has 4 aliphatic carbocycles. The van der Waals surface area contributed by atoms with Gasteiger partial charge in [-0.1, -0.05) is 38.5 Å². The summed E-state index contributed by atoms with van der Waals surface area (Å²) in [5, 5.41) is 0. The molecule has 4 rings (SSSR count). The molecule has 4 aliphatic rings. The van der Waals surface area contributed by atoms with Crippen molar-refractivity contribution in [2.75, 3.05) is 0 Å². The Balaban J connectivity index is 0.000000340. The second-order valence-electron chi connectivity index (χ2n) is 10.5. The predicted octanol–water partition coefficient (Wildman–Crippen LogP) is 6.98. The van der Waals surface area contributed by atoms with Gasteiger partial charge in [0.25, 0.3) is 0 Å². The summed E-state index contributed by atoms with van der Waals surface area (Å²) in [4.78, 5) is 0. The van der Waals surface area contributed by atoms with E-state index in [1.807, 2.05) is 0 Å². The second kappa shape index (κ2) is 14.3. The zero-order valence-corrected chi connectivity index (χ0v) is 24.6. The van der Waals surface area contributed by atoms with Crippen molar-refractivity contribution >= 4 is 20.2 Å². The fraction of sp³-hybridized carbons (Fsp3) is 1.00. The number of fused-ring (bicyclic) bond motifs is 2. The van der Waals surface area contributed by atoms with Crippen LogP contribution in [0.4, 0.5) is 26.3 Å². The van der Waals surface area contributed by atoms with Crippen LogP contribution in [0.1, 0.15) is 89.9 Å². The SMILES string of the molecule is C1CCC2C(C1)CCC2CCC1CCC2CCCCC21.O=S(=O)(O)C(F)(F)F.O=S(=O)(O)C(F)(F)F.[Zr+2]. The molecule has 2 N–H and O–H groups in total. The first-order valence-corrected chi connectivity index (χ1v) is 15.4. The van der Waals surface area contributed by atoms with Gasteiger partial charge in [0, 0.05) is 0 Å². The molecule has 0 bridgehead atoms. The van der Waals surface area contributed by atoms with Crippen LogP contribution in [0.25, 0.3) is 0 Å². The second-order valence-corrected chi connectivity index (χ2v) is 13.3. The van der Waals surface area contributed by atoms with Gasteiger partial charge in [-0.15, -0.1) is 0 Å². The van der Waals surface area contributed by atoms with Gasteiger partial charge < -0.3 is 0 Å². The van der Waals surface area contributed by atoms with Crippen LogP contribution in [0.5, 0.6) is 0 Å². The van der Waals surface area contributed by atoms with E-state index in [-0.39, 0.29) is 26.2 Å². The van der Waals surface area contributed by atoms with Crippen LogP contribution in [0.15, 0.2) is 0 Å². The molecule has 0 aromatic rings. The molecule has 6 unspecified atom stereocenters. The van der Waals surface area contributed by atoms with E-state index < -0.39 is 31.3 Å². The maximum Gasteiger partial charge on any atom is 2.00 e. The van der Waals surface area contributed by atoms with Gasteiger partial charge in [0.15, 0.2) is 0 Å². The monoisotopic (exact) mass is 664 g/mol. The van der Waals surface area contributed by atoms with Gasteiger partial charge in [-0.3, -0.25) is 9.11 Å². The predicted molar refractivity (Wildman–Crippen MR) is 121 cm³/mol. The van der Waals surface area contributed by atoms with Crippen LogP contribution >= 0.6 is 0 Å². The normalized spacial score (nSPS) is 32.0. The Morgan fingerprint density at radius 1 is 0.541 bits per heavy atom. The van der Waals surface area contributed by atoms with Crippen molar-refractivity contribution in [1.29, 1.82) is 0 Å². The van der Waals surface area contributed by atoms with Gasteiger partial charge in [0.05, 0.1) is 0 Å². The smallest absolute Gasteiger partial charge is 0.279 e. The summed E-state index contributed by atoms with van der Waals surface area (Å²) in [6.45, 7) is 0. The van der Waals surface area contributed by atoms with E-state index in [0.29, 0.717) is 0 Å². The minimum atomic E-state index is -5.84. The number of hydrogen-bond acceptors (Lipinski definition) is 4. The Hall–Kier alpha value is 0.283. The van der Waals surface area contributed by atoms with E-state index in [2.05, 4.69) is 0 Å². The molecular weight excluding hydrogens is 630 g/mol. The van der Waals surface area contributed by atoms with Gasteiger partial charge in [0.2, 0.25) is 0 Å². The third-order valence-corrected chi connectivity index (χ3v) is 9.63. The molecule has 216 valence electrons. The van der Waals surface area contributed by atoms with Crippen LogP contribution in [-0.2, 0) is 46.4 Å². The van der Waals surface area contributed by atoms with Gasteiger partial charge in [-0.25, -0.2) is 0 Å². The van der Waals surface area contributed by atoms with Crippen LogP contribution in [-0.4, -0.2) is 37.0 Å². The van der Waals surface area contributed by atoms with Crippen molar-refractivity contribution in [3.8, 4) is 0 Å². The fourth-order valence-electron chi connectivity index (χ4n) is 6.86. The average molecular weight is 666 g/mol. The van der Waals surface area contributed by atoms with Crippen LogP contribution in [0, 0.1) is 35.5 Å². The van der Waals surface area contributed by atoms with Gasteiger partial charge in [-0.2, -0.15) is 43.2 Å². The quantitative estimate of drug-likeness (QED) is 0.191. The Morgan fingerprint density at radius 3 is 1.08 bits per heavy atom. The van der Waals surface area contributed by atoms with Crippen LogP contribution in [0.3, 0.4) is 0 Å². The molecule has 0 aromatic carbocycles. The maximum atomic E-state index is 10.7. The Morgan fingerprint density at radius 2 is 0.811 bits per heavy atom. The number of alkyl halides is 6. The van der Waals surface area contributed by atoms with E-state index in [0.717, 1.165) is 35.5 Å². The van der Waals surface area contributed by atoms with E-state index in [9.17, 15) is 26.3 Å². The molecule has 0 aromatic heterocycles. The Labute approximate surface area is 234 Å². The summed E-state index contributed by atoms with van der Waals surface area (Å²) in [6, 6.07) is 0. The van der Waals surface area contributed by atoms with E-state index in [4.69, 9.17) is 25.9 Å². The Kier molecular flexibility index (Phi) is 13.6. The maximum absolute atomic E-state index is 10.7. The van der Waals surface area contributed by atoms with Crippen molar-refractivity contribution < 1.29 is 78.5 Å². The topological polar surface area (TPSA) is 109 Å². The number of halogens is 6. The first-order valence-electron chi connectivity index (χ1n) is 12.5. The summed E-state index contributed by atoms with van der Waals surface area (Å²) in [7, 11) is -11.7. The van der Waals surface area contributed by atoms with E-state index in [1.54, 1.807) is 89.9 Å². The van der Waals surface area contributed by atoms with Crippen LogP contribution < -0.4 is 0 Å². The molecule has 37 heavy (non-hydrogen) atoms. The molecule has 0 heterocycles. The molecule has 0 saturated heterocycles. The molecule has 15 heteroatoms. The van der Waals surface area contributed by atoms with Gasteiger partial charge >= 0.3 is 57.5 Å². The molecular formula is C22H36F6O6S2Zr+2. The molecule has 0 radical (unpaired) electrons. The molecule has 0 amide bonds. The molecule has 4 saturated carbocycles. The summed E-state index contributed by atoms with van der Waals surface area (Å²) < 4.78 is 115. The molecule has 6 nitrogen and oxygen atoms in total. The number of rotatable bonds is 3. The average Bonchev–Trinajstić information content (AvgIpc) is 3.34. The summed E-state index contributed by atoms with van der Waals surface area (Å²) in [6.07, 6.45) is 22.1. The standard InChI is InChI=1S/C20H34.2CHF3O3S.Zr/c1-3-7-19-15(5-1)9-11-17(19)13-14-18-12-10-16-6-2-4-8-20(16)18;2*2-1(3,4)8(5,6)7;/h15-20H,1-14H2;2*(H,5,6,7);/q;;;+2. The zero-order valence-electron chi connectivity index (χ0n) is 20.5. The zero-order chi connectivity index (χ0) is 27.4. The summed E-state index contributed by atoms with van der Waals surface area (Å²) in [5.74, 6) is 6.91. The van der Waals surface area contributed by atoms with Gasteiger partial charge in [0.1, 0.15) is 0 Å². The van der Waals surface area contributed by atoms with Crippen molar-refractivity contribution in [3.05, 3.63) is 0 Å². The first-order chi connectivity index (χ1) is 16.4. The minimum absolute atomic E-state index is 0. The molecule has 0 aliphatic heterocycles. The summed E-state index contributed by atoms with van der Waals surface area (Å²) >= 11 is 0. The minimum Gasteiger partial charge on any atom is -0.279 e. The third kappa shape index (κ3) is 10.6. The van der Waals surface area contributed by atoms with Gasteiger partial charge in [-0.05, 0) is 86.9 Å². The van der Waals surface area contributed by atoms with E-state index >= 15 is 0 Å². The van der Waals surface area contributed by atoms with E-state index in [1.165, 1.54) is 0 Å². The first kappa shape index (κ1) is 35.3. The molecule has 0 spiro atoms. The largest absolute Gasteiger partial charge is 2.00 e. The third-order valence-electron chi connectivity index (χ3n) is 8.46. The summed E-state index contributed by atoms with van der Waals surface area (Å²) in [5.41, 5.74) is -11.1. The van der Waals surface area contributed by atoms with Crippen molar-refractivity contribution in [3.63, 3.8) is 0 Å². The van der Waals surface area contributed by atoms with Crippen molar-refractivity contribution in [2.24, 2.45) is 35.5 Å². The van der Waals surface area contributed by atoms with Crippen molar-refractivity contribution in [1.82, 2.24) is 0 Å². The Bertz CT molecular complexity index is 836. The number of hydrogen-bond donors (Lipinski definition) is 2. The van der Waals surface area contributed by atoms with Crippen LogP contribution in [0.2, 0.25) is 0 Å². The fourth-order valence-corrected chi connectivity index (χ4v) is 6.86.